The second-order valence-corrected chi connectivity index (χ2v) is 8.00. The molecule has 32 heavy (non-hydrogen) atoms. The fraction of sp³-hybridized carbons (Fsp3) is 0.182. The molecule has 162 valence electrons. The Morgan fingerprint density at radius 2 is 1.91 bits per heavy atom. The van der Waals surface area contributed by atoms with Crippen LogP contribution in [0.15, 0.2) is 60.1 Å². The monoisotopic (exact) mass is 450 g/mol. The first kappa shape index (κ1) is 20.3. The summed E-state index contributed by atoms with van der Waals surface area (Å²) in [5.41, 5.74) is 1.19. The molecule has 0 radical (unpaired) electrons. The molecule has 4 heterocycles. The summed E-state index contributed by atoms with van der Waals surface area (Å²) in [5.74, 6) is 0.398. The number of hydrogen-bond donors (Lipinski definition) is 1. The average molecular weight is 450 g/mol. The predicted octanol–water partition coefficient (Wildman–Crippen LogP) is 3.62. The van der Waals surface area contributed by atoms with Crippen LogP contribution < -0.4 is 10.2 Å². The first-order valence-electron chi connectivity index (χ1n) is 10.0. The van der Waals surface area contributed by atoms with Crippen molar-refractivity contribution in [2.45, 2.75) is 0 Å². The quantitative estimate of drug-likeness (QED) is 0.500. The van der Waals surface area contributed by atoms with Crippen molar-refractivity contribution in [2.75, 3.05) is 36.5 Å². The van der Waals surface area contributed by atoms with E-state index in [-0.39, 0.29) is 11.6 Å². The molecule has 4 aromatic rings. The third-order valence-corrected chi connectivity index (χ3v) is 5.83. The first-order valence-corrected chi connectivity index (χ1v) is 10.9. The lowest BCUT2D eigenvalue weighted by molar-refractivity contribution is 0.101. The van der Waals surface area contributed by atoms with Gasteiger partial charge in [-0.3, -0.25) is 4.79 Å². The van der Waals surface area contributed by atoms with Gasteiger partial charge >= 0.3 is 0 Å². The minimum atomic E-state index is -0.453. The van der Waals surface area contributed by atoms with Crippen molar-refractivity contribution in [3.05, 3.63) is 71.7 Å². The van der Waals surface area contributed by atoms with Crippen LogP contribution in [0.4, 0.5) is 15.9 Å². The summed E-state index contributed by atoms with van der Waals surface area (Å²) < 4.78 is 20.4. The summed E-state index contributed by atoms with van der Waals surface area (Å²) in [6.07, 6.45) is 1.69. The van der Waals surface area contributed by atoms with Crippen LogP contribution >= 0.6 is 11.3 Å². The Labute approximate surface area is 187 Å². The second kappa shape index (κ2) is 8.85. The maximum atomic E-state index is 13.4. The highest BCUT2D eigenvalue weighted by Gasteiger charge is 2.22. The maximum absolute atomic E-state index is 13.4. The lowest BCUT2D eigenvalue weighted by Gasteiger charge is -2.29. The third kappa shape index (κ3) is 4.10. The molecule has 0 aliphatic carbocycles. The highest BCUT2D eigenvalue weighted by Crippen LogP contribution is 2.27. The van der Waals surface area contributed by atoms with E-state index in [1.165, 1.54) is 23.5 Å². The largest absolute Gasteiger partial charge is 0.378 e. The molecule has 1 saturated heterocycles. The van der Waals surface area contributed by atoms with Crippen molar-refractivity contribution in [1.29, 1.82) is 0 Å². The molecular weight excluding hydrogens is 431 g/mol. The number of nitrogens with zero attached hydrogens (tertiary/aromatic N) is 5. The number of thiophene rings is 1. The van der Waals surface area contributed by atoms with Gasteiger partial charge in [-0.25, -0.2) is 19.0 Å². The molecule has 0 unspecified atom stereocenters. The van der Waals surface area contributed by atoms with E-state index in [0.29, 0.717) is 49.3 Å². The molecule has 0 atom stereocenters. The van der Waals surface area contributed by atoms with Gasteiger partial charge in [-0.2, -0.15) is 0 Å². The lowest BCUT2D eigenvalue weighted by atomic mass is 10.3. The zero-order chi connectivity index (χ0) is 21.9. The van der Waals surface area contributed by atoms with Crippen LogP contribution in [0.2, 0.25) is 0 Å². The summed E-state index contributed by atoms with van der Waals surface area (Å²) >= 11 is 1.48. The SMILES string of the molecule is O=C(Nc1cccnc1N1CCOCC1)c1nc(-c2cccs2)n(-c2ccc(F)cc2)n1. The number of aromatic nitrogens is 4. The lowest BCUT2D eigenvalue weighted by Crippen LogP contribution is -2.37. The molecule has 0 bridgehead atoms. The topological polar surface area (TPSA) is 85.2 Å². The van der Waals surface area contributed by atoms with Crippen molar-refractivity contribution < 1.29 is 13.9 Å². The Balaban J connectivity index is 1.47. The third-order valence-electron chi connectivity index (χ3n) is 4.97. The van der Waals surface area contributed by atoms with Gasteiger partial charge < -0.3 is 15.0 Å². The Kier molecular flexibility index (Phi) is 5.61. The van der Waals surface area contributed by atoms with Gasteiger partial charge in [0.2, 0.25) is 5.82 Å². The average Bonchev–Trinajstić information content (AvgIpc) is 3.51. The number of carbonyl (C=O) groups is 1. The zero-order valence-electron chi connectivity index (χ0n) is 16.9. The molecule has 1 amide bonds. The standard InChI is InChI=1S/C22H19FN6O2S/c23-15-5-7-16(8-6-15)29-21(18-4-2-14-32-18)26-19(27-29)22(30)25-17-3-1-9-24-20(17)28-10-12-31-13-11-28/h1-9,14H,10-13H2,(H,25,30). The smallest absolute Gasteiger partial charge is 0.295 e. The van der Waals surface area contributed by atoms with E-state index in [1.54, 1.807) is 35.1 Å². The van der Waals surface area contributed by atoms with E-state index in [4.69, 9.17) is 4.74 Å². The van der Waals surface area contributed by atoms with Gasteiger partial charge in [0.05, 0.1) is 29.5 Å². The summed E-state index contributed by atoms with van der Waals surface area (Å²) in [6.45, 7) is 2.61. The molecule has 0 saturated carbocycles. The molecule has 1 N–H and O–H groups in total. The highest BCUT2D eigenvalue weighted by atomic mass is 32.1. The molecule has 8 nitrogen and oxygen atoms in total. The van der Waals surface area contributed by atoms with Crippen LogP contribution in [-0.4, -0.2) is 52.0 Å². The van der Waals surface area contributed by atoms with Gasteiger partial charge in [-0.05, 0) is 47.8 Å². The number of anilines is 2. The van der Waals surface area contributed by atoms with Crippen LogP contribution in [0.5, 0.6) is 0 Å². The maximum Gasteiger partial charge on any atom is 0.295 e. The number of carbonyl (C=O) groups excluding carboxylic acids is 1. The molecule has 3 aromatic heterocycles. The molecule has 10 heteroatoms. The first-order chi connectivity index (χ1) is 15.7. The van der Waals surface area contributed by atoms with Gasteiger partial charge in [-0.1, -0.05) is 6.07 Å². The number of rotatable bonds is 5. The zero-order valence-corrected chi connectivity index (χ0v) is 17.8. The van der Waals surface area contributed by atoms with Crippen LogP contribution in [0.3, 0.4) is 0 Å². The highest BCUT2D eigenvalue weighted by molar-refractivity contribution is 7.13. The van der Waals surface area contributed by atoms with E-state index in [1.807, 2.05) is 17.5 Å². The summed E-state index contributed by atoms with van der Waals surface area (Å²) in [4.78, 5) is 24.9. The van der Waals surface area contributed by atoms with Gasteiger partial charge in [0, 0.05) is 19.3 Å². The number of benzene rings is 1. The molecule has 1 fully saturated rings. The van der Waals surface area contributed by atoms with Crippen LogP contribution in [0, 0.1) is 5.82 Å². The molecule has 1 aliphatic heterocycles. The minimum absolute atomic E-state index is 0.00880. The Morgan fingerprint density at radius 1 is 1.09 bits per heavy atom. The minimum Gasteiger partial charge on any atom is -0.378 e. The Hall–Kier alpha value is -3.63. The van der Waals surface area contributed by atoms with E-state index in [9.17, 15) is 9.18 Å². The van der Waals surface area contributed by atoms with Crippen molar-refractivity contribution in [3.63, 3.8) is 0 Å². The second-order valence-electron chi connectivity index (χ2n) is 7.05. The predicted molar refractivity (Wildman–Crippen MR) is 120 cm³/mol. The van der Waals surface area contributed by atoms with Crippen LogP contribution in [0.1, 0.15) is 10.6 Å². The van der Waals surface area contributed by atoms with E-state index in [2.05, 4.69) is 25.3 Å². The molecule has 0 spiro atoms. The van der Waals surface area contributed by atoms with Crippen LogP contribution in [-0.2, 0) is 4.74 Å². The van der Waals surface area contributed by atoms with E-state index in [0.717, 1.165) is 4.88 Å². The Bertz CT molecular complexity index is 1220. The summed E-state index contributed by atoms with van der Waals surface area (Å²) in [7, 11) is 0. The molecule has 1 aromatic carbocycles. The fourth-order valence-corrected chi connectivity index (χ4v) is 4.13. The summed E-state index contributed by atoms with van der Waals surface area (Å²) in [6, 6.07) is 13.2. The van der Waals surface area contributed by atoms with Crippen LogP contribution in [0.25, 0.3) is 16.4 Å². The van der Waals surface area contributed by atoms with Crippen molar-refractivity contribution in [3.8, 4) is 16.4 Å². The molecule has 5 rings (SSSR count). The fourth-order valence-electron chi connectivity index (χ4n) is 3.44. The van der Waals surface area contributed by atoms with Gasteiger partial charge in [-0.15, -0.1) is 16.4 Å². The van der Waals surface area contributed by atoms with Gasteiger partial charge in [0.25, 0.3) is 5.91 Å². The number of ether oxygens (including phenoxy) is 1. The van der Waals surface area contributed by atoms with E-state index < -0.39 is 5.91 Å². The number of morpholine rings is 1. The number of nitrogens with one attached hydrogen (secondary N) is 1. The van der Waals surface area contributed by atoms with Crippen molar-refractivity contribution in [1.82, 2.24) is 19.7 Å². The molecular formula is C22H19FN6O2S. The summed E-state index contributed by atoms with van der Waals surface area (Å²) in [5, 5.41) is 9.24. The van der Waals surface area contributed by atoms with Crippen molar-refractivity contribution in [2.24, 2.45) is 0 Å². The normalized spacial score (nSPS) is 13.8. The van der Waals surface area contributed by atoms with Crippen molar-refractivity contribution >= 4 is 28.7 Å². The van der Waals surface area contributed by atoms with E-state index >= 15 is 0 Å². The number of hydrogen-bond acceptors (Lipinski definition) is 7. The number of amides is 1. The Morgan fingerprint density at radius 3 is 2.66 bits per heavy atom. The van der Waals surface area contributed by atoms with Gasteiger partial charge in [0.1, 0.15) is 5.82 Å². The number of halogens is 1. The number of pyridine rings is 1. The van der Waals surface area contributed by atoms with Gasteiger partial charge in [0.15, 0.2) is 11.6 Å². The molecule has 1 aliphatic rings.